The molecule has 1 heterocycles. The molecule has 0 fully saturated rings. The maximum Gasteiger partial charge on any atom is 0.248 e. The van der Waals surface area contributed by atoms with Gasteiger partial charge in [-0.05, 0) is 47.5 Å². The first kappa shape index (κ1) is 23.3. The molecule has 0 aliphatic carbocycles. The number of thioether (sulfide) groups is 1. The number of rotatable bonds is 9. The van der Waals surface area contributed by atoms with Crippen LogP contribution in [0.25, 0.3) is 11.1 Å². The Bertz CT molecular complexity index is 1110. The molecule has 1 amide bonds. The van der Waals surface area contributed by atoms with Crippen molar-refractivity contribution in [3.63, 3.8) is 0 Å². The van der Waals surface area contributed by atoms with Crippen molar-refractivity contribution in [3.8, 4) is 11.1 Å². The Morgan fingerprint density at radius 2 is 1.68 bits per heavy atom. The Hall–Kier alpha value is -2.39. The summed E-state index contributed by atoms with van der Waals surface area (Å²) in [5, 5.41) is 9.67. The number of hydrogen-bond donors (Lipinski definition) is 2. The van der Waals surface area contributed by atoms with E-state index in [0.717, 1.165) is 16.8 Å². The summed E-state index contributed by atoms with van der Waals surface area (Å²) in [4.78, 5) is 16.4. The summed E-state index contributed by atoms with van der Waals surface area (Å²) in [5.41, 5.74) is 4.18. The van der Waals surface area contributed by atoms with Crippen molar-refractivity contribution in [1.29, 1.82) is 0 Å². The molecule has 162 valence electrons. The molecule has 3 aromatic rings. The average Bonchev–Trinajstić information content (AvgIpc) is 2.79. The Balaban J connectivity index is 1.69. The van der Waals surface area contributed by atoms with Crippen molar-refractivity contribution in [2.24, 2.45) is 5.92 Å². The first-order chi connectivity index (χ1) is 14.9. The van der Waals surface area contributed by atoms with Gasteiger partial charge in [0.15, 0.2) is 9.84 Å². The normalized spacial score (nSPS) is 12.3. The lowest BCUT2D eigenvalue weighted by molar-refractivity contribution is -0.132. The van der Waals surface area contributed by atoms with Crippen molar-refractivity contribution in [3.05, 3.63) is 83.6 Å². The summed E-state index contributed by atoms with van der Waals surface area (Å²) in [6.45, 7) is 0. The second-order valence-corrected chi connectivity index (χ2v) is 10.3. The predicted octanol–water partition coefficient (Wildman–Crippen LogP) is 4.23. The Morgan fingerprint density at radius 1 is 1.03 bits per heavy atom. The minimum Gasteiger partial charge on any atom is -0.289 e. The summed E-state index contributed by atoms with van der Waals surface area (Å²) in [6.07, 6.45) is 1.67. The zero-order chi connectivity index (χ0) is 22.3. The first-order valence-electron chi connectivity index (χ1n) is 9.39. The van der Waals surface area contributed by atoms with Crippen LogP contribution in [-0.4, -0.2) is 36.0 Å². The fraction of sp³-hybridized carbons (Fsp3) is 0.182. The van der Waals surface area contributed by atoms with Crippen LogP contribution < -0.4 is 5.48 Å². The summed E-state index contributed by atoms with van der Waals surface area (Å²) in [7, 11) is -3.74. The van der Waals surface area contributed by atoms with Gasteiger partial charge in [-0.3, -0.25) is 15.0 Å². The topological polar surface area (TPSA) is 96.4 Å². The summed E-state index contributed by atoms with van der Waals surface area (Å²) >= 11 is 7.29. The monoisotopic (exact) mass is 476 g/mol. The lowest BCUT2D eigenvalue weighted by Gasteiger charge is -2.15. The Morgan fingerprint density at radius 3 is 2.26 bits per heavy atom. The molecule has 0 aliphatic rings. The van der Waals surface area contributed by atoms with E-state index in [2.05, 4.69) is 4.98 Å². The van der Waals surface area contributed by atoms with Gasteiger partial charge in [0.05, 0.1) is 22.3 Å². The zero-order valence-electron chi connectivity index (χ0n) is 16.4. The Kier molecular flexibility index (Phi) is 8.09. The number of hydroxylamine groups is 1. The van der Waals surface area contributed by atoms with E-state index < -0.39 is 27.4 Å². The standard InChI is InChI=1S/C22H21ClN2O4S2/c23-19-8-4-16(5-9-19)17-6-10-21(11-7-17)31(28,29)15-18(22(26)25-27)13-30-14-20-3-1-2-12-24-20/h1-12,18,27H,13-15H2,(H,25,26). The molecule has 31 heavy (non-hydrogen) atoms. The molecule has 0 saturated heterocycles. The van der Waals surface area contributed by atoms with E-state index in [4.69, 9.17) is 16.8 Å². The molecule has 0 radical (unpaired) electrons. The number of amides is 1. The number of pyridine rings is 1. The van der Waals surface area contributed by atoms with Crippen LogP contribution >= 0.6 is 23.4 Å². The SMILES string of the molecule is O=C(NO)C(CSCc1ccccn1)CS(=O)(=O)c1ccc(-c2ccc(Cl)cc2)cc1. The fourth-order valence-electron chi connectivity index (χ4n) is 2.94. The number of carbonyl (C=O) groups is 1. The third-order valence-electron chi connectivity index (χ3n) is 4.59. The van der Waals surface area contributed by atoms with Crippen LogP contribution in [-0.2, 0) is 20.4 Å². The molecule has 0 saturated carbocycles. The molecular weight excluding hydrogens is 456 g/mol. The molecule has 6 nitrogen and oxygen atoms in total. The van der Waals surface area contributed by atoms with Gasteiger partial charge in [-0.2, -0.15) is 11.8 Å². The van der Waals surface area contributed by atoms with E-state index in [1.807, 2.05) is 24.3 Å². The number of benzene rings is 2. The van der Waals surface area contributed by atoms with E-state index in [9.17, 15) is 13.2 Å². The Labute approximate surface area is 190 Å². The van der Waals surface area contributed by atoms with Gasteiger partial charge in [-0.25, -0.2) is 13.9 Å². The number of aromatic nitrogens is 1. The third kappa shape index (κ3) is 6.54. The maximum atomic E-state index is 12.9. The predicted molar refractivity (Wildman–Crippen MR) is 123 cm³/mol. The van der Waals surface area contributed by atoms with Gasteiger partial charge in [0, 0.05) is 22.7 Å². The van der Waals surface area contributed by atoms with E-state index in [1.54, 1.807) is 42.0 Å². The van der Waals surface area contributed by atoms with E-state index in [1.165, 1.54) is 23.9 Å². The van der Waals surface area contributed by atoms with Gasteiger partial charge in [-0.15, -0.1) is 0 Å². The molecule has 3 rings (SSSR count). The van der Waals surface area contributed by atoms with Crippen LogP contribution in [0.2, 0.25) is 5.02 Å². The first-order valence-corrected chi connectivity index (χ1v) is 12.6. The van der Waals surface area contributed by atoms with Crippen molar-refractivity contribution < 1.29 is 18.4 Å². The smallest absolute Gasteiger partial charge is 0.248 e. The van der Waals surface area contributed by atoms with Crippen molar-refractivity contribution in [2.75, 3.05) is 11.5 Å². The molecule has 2 aromatic carbocycles. The van der Waals surface area contributed by atoms with Crippen LogP contribution in [0.5, 0.6) is 0 Å². The highest BCUT2D eigenvalue weighted by Gasteiger charge is 2.27. The summed E-state index contributed by atoms with van der Waals surface area (Å²) < 4.78 is 25.8. The number of sulfone groups is 1. The van der Waals surface area contributed by atoms with E-state index in [0.29, 0.717) is 10.8 Å². The van der Waals surface area contributed by atoms with Gasteiger partial charge >= 0.3 is 0 Å². The molecule has 1 unspecified atom stereocenters. The van der Waals surface area contributed by atoms with Crippen molar-refractivity contribution in [1.82, 2.24) is 10.5 Å². The molecule has 1 atom stereocenters. The van der Waals surface area contributed by atoms with Crippen LogP contribution in [0, 0.1) is 5.92 Å². The lowest BCUT2D eigenvalue weighted by Crippen LogP contribution is -2.34. The molecule has 0 bridgehead atoms. The average molecular weight is 477 g/mol. The highest BCUT2D eigenvalue weighted by atomic mass is 35.5. The largest absolute Gasteiger partial charge is 0.289 e. The minimum atomic E-state index is -3.74. The van der Waals surface area contributed by atoms with Crippen molar-refractivity contribution in [2.45, 2.75) is 10.6 Å². The lowest BCUT2D eigenvalue weighted by atomic mass is 10.1. The molecule has 9 heteroatoms. The highest BCUT2D eigenvalue weighted by Crippen LogP contribution is 2.25. The zero-order valence-corrected chi connectivity index (χ0v) is 18.8. The van der Waals surface area contributed by atoms with Crippen LogP contribution in [0.1, 0.15) is 5.69 Å². The highest BCUT2D eigenvalue weighted by molar-refractivity contribution is 7.98. The quantitative estimate of drug-likeness (QED) is 0.354. The van der Waals surface area contributed by atoms with Gasteiger partial charge in [0.25, 0.3) is 0 Å². The minimum absolute atomic E-state index is 0.121. The van der Waals surface area contributed by atoms with Crippen molar-refractivity contribution >= 4 is 39.1 Å². The van der Waals surface area contributed by atoms with E-state index >= 15 is 0 Å². The number of nitrogens with one attached hydrogen (secondary N) is 1. The second kappa shape index (κ2) is 10.8. The second-order valence-electron chi connectivity index (χ2n) is 6.82. The third-order valence-corrected chi connectivity index (χ3v) is 7.81. The summed E-state index contributed by atoms with van der Waals surface area (Å²) in [5.74, 6) is -1.28. The maximum absolute atomic E-state index is 12.9. The van der Waals surface area contributed by atoms with Gasteiger partial charge in [0.1, 0.15) is 0 Å². The van der Waals surface area contributed by atoms with Crippen LogP contribution in [0.4, 0.5) is 0 Å². The van der Waals surface area contributed by atoms with Crippen LogP contribution in [0.3, 0.4) is 0 Å². The van der Waals surface area contributed by atoms with Gasteiger partial charge in [0.2, 0.25) is 5.91 Å². The molecular formula is C22H21ClN2O4S2. The molecule has 0 spiro atoms. The summed E-state index contributed by atoms with van der Waals surface area (Å²) in [6, 6.07) is 19.2. The van der Waals surface area contributed by atoms with E-state index in [-0.39, 0.29) is 10.6 Å². The number of hydrogen-bond acceptors (Lipinski definition) is 6. The number of halogens is 1. The number of nitrogens with zero attached hydrogens (tertiary/aromatic N) is 1. The van der Waals surface area contributed by atoms with Gasteiger partial charge in [-0.1, -0.05) is 41.9 Å². The molecule has 0 aliphatic heterocycles. The molecule has 1 aromatic heterocycles. The molecule has 2 N–H and O–H groups in total. The number of carbonyl (C=O) groups excluding carboxylic acids is 1. The fourth-order valence-corrected chi connectivity index (χ4v) is 5.81. The van der Waals surface area contributed by atoms with Crippen LogP contribution in [0.15, 0.2) is 77.8 Å². The van der Waals surface area contributed by atoms with Gasteiger partial charge < -0.3 is 0 Å².